The molecule has 1 aromatic carbocycles. The fourth-order valence-electron chi connectivity index (χ4n) is 1.49. The average molecular weight is 246 g/mol. The predicted octanol–water partition coefficient (Wildman–Crippen LogP) is 2.69. The molecule has 0 bridgehead atoms. The summed E-state index contributed by atoms with van der Waals surface area (Å²) < 4.78 is 15.5. The first kappa shape index (κ1) is 10.4. The SMILES string of the molecule is CN(C)n1c(=S)[nH]c2cc(Cl)c(F)cc21. The Morgan fingerprint density at radius 2 is 2.13 bits per heavy atom. The number of nitrogens with zero attached hydrogens (tertiary/aromatic N) is 2. The Morgan fingerprint density at radius 1 is 1.47 bits per heavy atom. The van der Waals surface area contributed by atoms with Crippen molar-refractivity contribution < 1.29 is 4.39 Å². The van der Waals surface area contributed by atoms with Crippen LogP contribution in [0, 0.1) is 10.6 Å². The Kier molecular flexibility index (Phi) is 2.44. The number of rotatable bonds is 1. The van der Waals surface area contributed by atoms with Gasteiger partial charge in [-0.15, -0.1) is 0 Å². The van der Waals surface area contributed by atoms with E-state index in [1.165, 1.54) is 12.1 Å². The molecule has 0 spiro atoms. The van der Waals surface area contributed by atoms with Crippen molar-refractivity contribution in [2.45, 2.75) is 0 Å². The van der Waals surface area contributed by atoms with Gasteiger partial charge in [-0.1, -0.05) is 11.6 Å². The highest BCUT2D eigenvalue weighted by Crippen LogP contribution is 2.22. The molecule has 1 N–H and O–H groups in total. The summed E-state index contributed by atoms with van der Waals surface area (Å²) in [4.78, 5) is 2.96. The first-order valence-corrected chi connectivity index (χ1v) is 5.06. The molecule has 0 aliphatic carbocycles. The van der Waals surface area contributed by atoms with E-state index >= 15 is 0 Å². The van der Waals surface area contributed by atoms with Crippen molar-refractivity contribution in [1.29, 1.82) is 0 Å². The van der Waals surface area contributed by atoms with Crippen LogP contribution in [0.1, 0.15) is 0 Å². The highest BCUT2D eigenvalue weighted by molar-refractivity contribution is 7.71. The maximum absolute atomic E-state index is 13.3. The van der Waals surface area contributed by atoms with Crippen LogP contribution in [-0.2, 0) is 0 Å². The number of aromatic nitrogens is 2. The van der Waals surface area contributed by atoms with Gasteiger partial charge in [-0.05, 0) is 18.3 Å². The Balaban J connectivity index is 2.88. The van der Waals surface area contributed by atoms with Gasteiger partial charge < -0.3 is 9.99 Å². The quantitative estimate of drug-likeness (QED) is 0.781. The fourth-order valence-corrected chi connectivity index (χ4v) is 2.02. The van der Waals surface area contributed by atoms with E-state index in [2.05, 4.69) is 4.98 Å². The van der Waals surface area contributed by atoms with Crippen LogP contribution in [0.15, 0.2) is 12.1 Å². The lowest BCUT2D eigenvalue weighted by Crippen LogP contribution is -2.24. The molecule has 0 fully saturated rings. The molecule has 2 aromatic rings. The third-order valence-corrected chi connectivity index (χ3v) is 2.67. The summed E-state index contributed by atoms with van der Waals surface area (Å²) in [5.74, 6) is -0.450. The number of aromatic amines is 1. The molecule has 6 heteroatoms. The van der Waals surface area contributed by atoms with Gasteiger partial charge in [-0.2, -0.15) is 0 Å². The van der Waals surface area contributed by atoms with Crippen molar-refractivity contribution in [3.8, 4) is 0 Å². The van der Waals surface area contributed by atoms with Gasteiger partial charge in [0.25, 0.3) is 0 Å². The van der Waals surface area contributed by atoms with E-state index in [1.54, 1.807) is 9.69 Å². The van der Waals surface area contributed by atoms with Gasteiger partial charge in [0.15, 0.2) is 4.77 Å². The van der Waals surface area contributed by atoms with E-state index < -0.39 is 5.82 Å². The predicted molar refractivity (Wildman–Crippen MR) is 62.2 cm³/mol. The van der Waals surface area contributed by atoms with E-state index in [4.69, 9.17) is 23.8 Å². The van der Waals surface area contributed by atoms with Crippen molar-refractivity contribution in [1.82, 2.24) is 9.66 Å². The van der Waals surface area contributed by atoms with Crippen LogP contribution in [0.5, 0.6) is 0 Å². The summed E-state index contributed by atoms with van der Waals surface area (Å²) in [5, 5.41) is 1.86. The standard InChI is InChI=1S/C9H9ClFN3S/c1-13(2)14-8-4-6(11)5(10)3-7(8)12-9(14)15/h3-4H,1-2H3,(H,12,15). The number of benzene rings is 1. The minimum atomic E-state index is -0.450. The summed E-state index contributed by atoms with van der Waals surface area (Å²) >= 11 is 10.8. The van der Waals surface area contributed by atoms with Gasteiger partial charge >= 0.3 is 0 Å². The Labute approximate surface area is 96.0 Å². The Bertz CT molecular complexity index is 572. The first-order valence-electron chi connectivity index (χ1n) is 4.28. The maximum atomic E-state index is 13.3. The topological polar surface area (TPSA) is 24.0 Å². The fraction of sp³-hybridized carbons (Fsp3) is 0.222. The molecular weight excluding hydrogens is 237 g/mol. The molecular formula is C9H9ClFN3S. The highest BCUT2D eigenvalue weighted by atomic mass is 35.5. The molecule has 0 atom stereocenters. The zero-order valence-electron chi connectivity index (χ0n) is 8.21. The van der Waals surface area contributed by atoms with Crippen molar-refractivity contribution in [3.63, 3.8) is 0 Å². The van der Waals surface area contributed by atoms with Crippen molar-refractivity contribution in [3.05, 3.63) is 27.7 Å². The van der Waals surface area contributed by atoms with Gasteiger partial charge in [0.2, 0.25) is 0 Å². The number of imidazole rings is 1. The van der Waals surface area contributed by atoms with Gasteiger partial charge in [0.1, 0.15) is 5.82 Å². The maximum Gasteiger partial charge on any atom is 0.197 e. The number of hydrogen-bond acceptors (Lipinski definition) is 2. The van der Waals surface area contributed by atoms with Crippen LogP contribution in [0.4, 0.5) is 4.39 Å². The van der Waals surface area contributed by atoms with Gasteiger partial charge in [-0.25, -0.2) is 9.07 Å². The number of fused-ring (bicyclic) bond motifs is 1. The molecule has 0 saturated heterocycles. The lowest BCUT2D eigenvalue weighted by molar-refractivity contribution is 0.628. The average Bonchev–Trinajstić information content (AvgIpc) is 2.41. The molecule has 0 amide bonds. The zero-order valence-corrected chi connectivity index (χ0v) is 9.79. The van der Waals surface area contributed by atoms with Gasteiger partial charge in [0, 0.05) is 20.2 Å². The molecule has 0 radical (unpaired) electrons. The molecule has 2 rings (SSSR count). The summed E-state index contributed by atoms with van der Waals surface area (Å²) in [6, 6.07) is 2.89. The molecule has 0 saturated carbocycles. The highest BCUT2D eigenvalue weighted by Gasteiger charge is 2.09. The molecule has 1 heterocycles. The number of nitrogens with one attached hydrogen (secondary N) is 1. The van der Waals surface area contributed by atoms with Crippen molar-refractivity contribution in [2.24, 2.45) is 0 Å². The number of H-pyrrole nitrogens is 1. The van der Waals surface area contributed by atoms with E-state index in [9.17, 15) is 4.39 Å². The lowest BCUT2D eigenvalue weighted by atomic mass is 10.3. The minimum Gasteiger partial charge on any atom is -0.329 e. The second-order valence-corrected chi connectivity index (χ2v) is 4.17. The first-order chi connectivity index (χ1) is 7.00. The molecule has 0 aliphatic rings. The summed E-state index contributed by atoms with van der Waals surface area (Å²) in [6.45, 7) is 0. The van der Waals surface area contributed by atoms with Gasteiger partial charge in [-0.3, -0.25) is 0 Å². The lowest BCUT2D eigenvalue weighted by Gasteiger charge is -2.14. The molecule has 80 valence electrons. The second kappa shape index (κ2) is 3.50. The largest absolute Gasteiger partial charge is 0.329 e. The molecule has 15 heavy (non-hydrogen) atoms. The van der Waals surface area contributed by atoms with Crippen LogP contribution in [0.3, 0.4) is 0 Å². The number of halogens is 2. The van der Waals surface area contributed by atoms with Crippen molar-refractivity contribution >= 4 is 34.9 Å². The molecule has 1 aromatic heterocycles. The third-order valence-electron chi connectivity index (χ3n) is 2.10. The van der Waals surface area contributed by atoms with Crippen LogP contribution in [0.2, 0.25) is 5.02 Å². The normalized spacial score (nSPS) is 10.9. The molecule has 0 aliphatic heterocycles. The van der Waals surface area contributed by atoms with Crippen LogP contribution >= 0.6 is 23.8 Å². The summed E-state index contributed by atoms with van der Waals surface area (Å²) in [7, 11) is 3.66. The van der Waals surface area contributed by atoms with Crippen LogP contribution in [-0.4, -0.2) is 23.8 Å². The summed E-state index contributed by atoms with van der Waals surface area (Å²) in [5.41, 5.74) is 1.40. The van der Waals surface area contributed by atoms with Crippen molar-refractivity contribution in [2.75, 3.05) is 19.1 Å². The second-order valence-electron chi connectivity index (χ2n) is 3.37. The Morgan fingerprint density at radius 3 is 2.73 bits per heavy atom. The Hall–Kier alpha value is -1.07. The molecule has 0 unspecified atom stereocenters. The summed E-state index contributed by atoms with van der Waals surface area (Å²) in [6.07, 6.45) is 0. The molecule has 3 nitrogen and oxygen atoms in total. The van der Waals surface area contributed by atoms with Gasteiger partial charge in [0.05, 0.1) is 16.1 Å². The van der Waals surface area contributed by atoms with Crippen LogP contribution < -0.4 is 5.01 Å². The van der Waals surface area contributed by atoms with E-state index in [0.717, 1.165) is 5.52 Å². The van der Waals surface area contributed by atoms with Crippen LogP contribution in [0.25, 0.3) is 11.0 Å². The van der Waals surface area contributed by atoms with E-state index in [0.29, 0.717) is 10.3 Å². The third kappa shape index (κ3) is 1.61. The smallest absolute Gasteiger partial charge is 0.197 e. The monoisotopic (exact) mass is 245 g/mol. The zero-order chi connectivity index (χ0) is 11.2. The van der Waals surface area contributed by atoms with E-state index in [1.807, 2.05) is 14.1 Å². The minimum absolute atomic E-state index is 0.0876. The number of hydrogen-bond donors (Lipinski definition) is 1. The van der Waals surface area contributed by atoms with E-state index in [-0.39, 0.29) is 5.02 Å².